The quantitative estimate of drug-likeness (QED) is 0.101. The molecule has 0 saturated carbocycles. The Morgan fingerprint density at radius 1 is 0.237 bits per heavy atom. The van der Waals surface area contributed by atoms with Gasteiger partial charge in [0.25, 0.3) is 0 Å². The molecule has 3 nitrogen and oxygen atoms in total. The second-order valence-electron chi connectivity index (χ2n) is 16.3. The summed E-state index contributed by atoms with van der Waals surface area (Å²) in [6, 6.07) is -62.9. The molecule has 4 heteroatoms. The predicted octanol–water partition coefficient (Wildman–Crippen LogP) is 15.7. The third-order valence-electron chi connectivity index (χ3n) is 12.4. The second-order valence-corrected chi connectivity index (χ2v) is 19.8. The van der Waals surface area contributed by atoms with Gasteiger partial charge in [-0.05, 0) is 110 Å². The van der Waals surface area contributed by atoms with Crippen LogP contribution in [-0.2, 0) is 0 Å². The number of para-hydroxylation sites is 5. The number of fused-ring (bicyclic) bond motifs is 9. The topological polar surface area (TPSA) is 14.8 Å². The zero-order valence-electron chi connectivity index (χ0n) is 86.8. The van der Waals surface area contributed by atoms with Crippen molar-refractivity contribution in [3.63, 3.8) is 0 Å². The molecule has 0 amide bonds. The standard InChI is InChI=1S/C72H49N3Si/c1-4-22-50(23-5-1)51-24-20-30-57(46-51)76(55-26-6-2-7-27-55,56-28-8-3-9-29-56)58-31-21-25-53(48-58)73-68-39-17-14-36-63(68)65-49-54(43-45-72(65)73)74-67-38-16-13-35-62(67)64-47-52(42-44-71(64)74)59-32-10-15-37-66(59)75-69-40-18-11-33-60(69)61-34-12-19-41-70(61)75/h1-49H/i1D,2D,3D,4D,5D,6D,7D,8D,9D,10D,11D,12D,13D,14D,15D,16D,17D,18D,19D,20D,21D,22D,23D,24D,25D,26D,27D,28D,29D,30D,31D,32D,33D,34D,35D,36D,37D,38D,39D,40D,41D,42D,43D,44D,45D,46D,47D,48D,49D. The van der Waals surface area contributed by atoms with E-state index in [1.807, 2.05) is 0 Å². The van der Waals surface area contributed by atoms with Gasteiger partial charge in [0, 0.05) is 49.3 Å². The molecule has 0 aliphatic carbocycles. The first kappa shape index (κ1) is 16.9. The first-order valence-electron chi connectivity index (χ1n) is 46.8. The van der Waals surface area contributed by atoms with Crippen LogP contribution in [0.15, 0.2) is 296 Å². The molecule has 76 heavy (non-hydrogen) atoms. The van der Waals surface area contributed by atoms with E-state index >= 15 is 0 Å². The van der Waals surface area contributed by atoms with Gasteiger partial charge in [-0.25, -0.2) is 0 Å². The van der Waals surface area contributed by atoms with Crippen molar-refractivity contribution in [2.45, 2.75) is 0 Å². The lowest BCUT2D eigenvalue weighted by Crippen LogP contribution is -2.74. The van der Waals surface area contributed by atoms with E-state index in [2.05, 4.69) is 0 Å². The Bertz CT molecular complexity index is 7480. The number of aromatic nitrogens is 3. The summed E-state index contributed by atoms with van der Waals surface area (Å²) in [5.74, 6) is 0. The molecule has 0 radical (unpaired) electrons. The summed E-state index contributed by atoms with van der Waals surface area (Å²) in [7, 11) is -7.06. The molecular formula is C72H49N3Si. The van der Waals surface area contributed by atoms with Crippen molar-refractivity contribution in [3.8, 4) is 39.3 Å². The Morgan fingerprint density at radius 2 is 0.645 bits per heavy atom. The Kier molecular flexibility index (Phi) is 3.94. The normalized spacial score (nSPS) is 21.0. The highest BCUT2D eigenvalue weighted by molar-refractivity contribution is 7.20. The van der Waals surface area contributed by atoms with Crippen molar-refractivity contribution in [1.29, 1.82) is 0 Å². The smallest absolute Gasteiger partial charge is 0.179 e. The first-order chi connectivity index (χ1) is 58.1. The van der Waals surface area contributed by atoms with Crippen molar-refractivity contribution in [2.75, 3.05) is 0 Å². The number of hydrogen-bond donors (Lipinski definition) is 0. The van der Waals surface area contributed by atoms with E-state index in [-0.39, 0.29) is 0 Å². The molecule has 0 N–H and O–H groups in total. The molecule has 0 saturated heterocycles. The minimum atomic E-state index is -7.06. The van der Waals surface area contributed by atoms with Crippen molar-refractivity contribution in [3.05, 3.63) is 296 Å². The fourth-order valence-corrected chi connectivity index (χ4v) is 12.9. The van der Waals surface area contributed by atoms with Gasteiger partial charge in [-0.15, -0.1) is 0 Å². The minimum absolute atomic E-state index is 0.362. The molecule has 0 unspecified atom stereocenters. The lowest BCUT2D eigenvalue weighted by atomic mass is 10.0. The van der Waals surface area contributed by atoms with Crippen LogP contribution in [0.3, 0.4) is 0 Å². The highest BCUT2D eigenvalue weighted by atomic mass is 28.3. The summed E-state index contributed by atoms with van der Waals surface area (Å²) < 4.78 is 467. The average molecular weight is 1030 g/mol. The number of rotatable bonds is 9. The molecule has 3 heterocycles. The van der Waals surface area contributed by atoms with Crippen LogP contribution in [0, 0.1) is 0 Å². The van der Waals surface area contributed by atoms with Crippen LogP contribution in [0.4, 0.5) is 0 Å². The van der Waals surface area contributed by atoms with Crippen molar-refractivity contribution in [2.24, 2.45) is 0 Å². The number of nitrogens with zero attached hydrogens (tertiary/aromatic N) is 3. The molecule has 0 bridgehead atoms. The number of benzene rings is 12. The van der Waals surface area contributed by atoms with Crippen LogP contribution in [-0.4, -0.2) is 21.8 Å². The predicted molar refractivity (Wildman–Crippen MR) is 324 cm³/mol. The zero-order valence-corrected chi connectivity index (χ0v) is 38.8. The van der Waals surface area contributed by atoms with Crippen LogP contribution in [0.1, 0.15) is 67.2 Å². The van der Waals surface area contributed by atoms with Gasteiger partial charge in [0.05, 0.1) is 106 Å². The second kappa shape index (κ2) is 17.7. The van der Waals surface area contributed by atoms with Gasteiger partial charge in [-0.2, -0.15) is 0 Å². The van der Waals surface area contributed by atoms with Gasteiger partial charge in [-0.3, -0.25) is 0 Å². The van der Waals surface area contributed by atoms with Gasteiger partial charge < -0.3 is 13.7 Å². The molecule has 0 atom stereocenters. The van der Waals surface area contributed by atoms with E-state index in [1.165, 1.54) is 0 Å². The Labute approximate surface area is 510 Å². The summed E-state index contributed by atoms with van der Waals surface area (Å²) in [5, 5.41) is -11.0. The SMILES string of the molecule is [2H]c1c([2H])c([2H])c(-c2c([2H])c([2H])c([2H])c([Si](c3c([2H])c([2H])c([2H])c([2H])c3[2H])(c3c([2H])c([2H])c([2H])c([2H])c3[2H])c3c([2H])c([2H])c([2H])c(-n4c5c([2H])c([2H])c([2H])c([2H])c5c5c([2H])c(-n6c7c([2H])c([2H])c([2H])c([2H])c7c7c([2H])c(-c8c([2H])c([2H])c([2H])c([2H])c8-n8c9c([2H])c([2H])c([2H])c([2H])c9c9c([2H])c([2H])c([2H])c([2H])c98)c([2H])c([2H])c76)c([2H])c([2H])c54)c3[2H])c2[2H])c([2H])c1[2H]. The first-order valence-corrected chi connectivity index (χ1v) is 24.3. The lowest BCUT2D eigenvalue weighted by Gasteiger charge is -2.35. The van der Waals surface area contributed by atoms with Crippen LogP contribution in [0.2, 0.25) is 0 Å². The van der Waals surface area contributed by atoms with Crippen molar-refractivity contribution >= 4 is 94.2 Å². The van der Waals surface area contributed by atoms with Gasteiger partial charge in [0.2, 0.25) is 0 Å². The highest BCUT2D eigenvalue weighted by Gasteiger charge is 2.42. The molecule has 356 valence electrons. The largest absolute Gasteiger partial charge is 0.309 e. The fourth-order valence-electron chi connectivity index (χ4n) is 9.29. The molecule has 0 fully saturated rings. The summed E-state index contributed by atoms with van der Waals surface area (Å²) in [5.41, 5.74) is -13.9. The van der Waals surface area contributed by atoms with E-state index in [9.17, 15) is 43.9 Å². The molecule has 12 aromatic carbocycles. The molecular weight excluding hydrogens is 935 g/mol. The summed E-state index contributed by atoms with van der Waals surface area (Å²) in [6.07, 6.45) is 0. The van der Waals surface area contributed by atoms with E-state index in [1.54, 1.807) is 0 Å². The van der Waals surface area contributed by atoms with E-state index < -0.39 is 430 Å². The maximum absolute atomic E-state index is 10.9. The van der Waals surface area contributed by atoms with Crippen LogP contribution >= 0.6 is 0 Å². The maximum Gasteiger partial charge on any atom is 0.179 e. The Balaban J connectivity index is 1.16. The number of hydrogen-bond acceptors (Lipinski definition) is 0. The summed E-state index contributed by atoms with van der Waals surface area (Å²) in [6.45, 7) is 0. The summed E-state index contributed by atoms with van der Waals surface area (Å²) in [4.78, 5) is 0. The van der Waals surface area contributed by atoms with E-state index in [0.29, 0.717) is 13.7 Å². The molecule has 0 aliphatic rings. The molecule has 3 aromatic heterocycles. The summed E-state index contributed by atoms with van der Waals surface area (Å²) >= 11 is 0. The fraction of sp³-hybridized carbons (Fsp3) is 0. The monoisotopic (exact) mass is 1030 g/mol. The molecule has 0 spiro atoms. The van der Waals surface area contributed by atoms with Crippen molar-refractivity contribution < 1.29 is 67.2 Å². The molecule has 15 rings (SSSR count). The van der Waals surface area contributed by atoms with E-state index in [4.69, 9.17) is 23.3 Å². The lowest BCUT2D eigenvalue weighted by molar-refractivity contribution is 1.17. The Hall–Kier alpha value is -9.74. The third kappa shape index (κ3) is 6.74. The van der Waals surface area contributed by atoms with Crippen LogP contribution < -0.4 is 20.7 Å². The third-order valence-corrected chi connectivity index (χ3v) is 16.4. The molecule has 0 aliphatic heterocycles. The van der Waals surface area contributed by atoms with Crippen LogP contribution in [0.25, 0.3) is 105 Å². The van der Waals surface area contributed by atoms with E-state index in [0.717, 1.165) is 0 Å². The van der Waals surface area contributed by atoms with Gasteiger partial charge in [0.1, 0.15) is 0 Å². The van der Waals surface area contributed by atoms with Crippen LogP contribution in [0.5, 0.6) is 0 Å². The average Bonchev–Trinajstić information content (AvgIpc) is 1.67. The van der Waals surface area contributed by atoms with Crippen molar-refractivity contribution in [1.82, 2.24) is 13.7 Å². The van der Waals surface area contributed by atoms with Gasteiger partial charge in [-0.1, -0.05) is 224 Å². The molecule has 15 aromatic rings. The highest BCUT2D eigenvalue weighted by Crippen LogP contribution is 2.41. The minimum Gasteiger partial charge on any atom is -0.309 e. The Morgan fingerprint density at radius 3 is 1.25 bits per heavy atom. The van der Waals surface area contributed by atoms with Gasteiger partial charge >= 0.3 is 0 Å². The zero-order chi connectivity index (χ0) is 92.8. The maximum atomic E-state index is 10.9. The van der Waals surface area contributed by atoms with Gasteiger partial charge in [0.15, 0.2) is 8.07 Å².